The summed E-state index contributed by atoms with van der Waals surface area (Å²) in [5.41, 5.74) is 0.580. The number of carbonyl (C=O) groups excluding carboxylic acids is 1. The molecule has 0 spiro atoms. The molecule has 0 N–H and O–H groups in total. The number of ether oxygens (including phenoxy) is 3. The van der Waals surface area contributed by atoms with Gasteiger partial charge in [0.2, 0.25) is 5.91 Å². The molecular weight excluding hydrogens is 284 g/mol. The first-order valence-electron chi connectivity index (χ1n) is 6.48. The van der Waals surface area contributed by atoms with Crippen LogP contribution < -0.4 is 9.47 Å². The molecule has 1 aromatic carbocycles. The van der Waals surface area contributed by atoms with Crippen molar-refractivity contribution in [1.29, 1.82) is 0 Å². The summed E-state index contributed by atoms with van der Waals surface area (Å²) in [7, 11) is 0. The molecule has 112 valence electrons. The summed E-state index contributed by atoms with van der Waals surface area (Å²) in [4.78, 5) is 13.6. The molecule has 21 heavy (non-hydrogen) atoms. The van der Waals surface area contributed by atoms with E-state index in [1.165, 1.54) is 18.2 Å². The minimum Gasteiger partial charge on any atom is -0.395 e. The van der Waals surface area contributed by atoms with Gasteiger partial charge in [-0.05, 0) is 23.8 Å². The Bertz CT molecular complexity index is 582. The van der Waals surface area contributed by atoms with E-state index in [9.17, 15) is 13.6 Å². The lowest BCUT2D eigenvalue weighted by atomic mass is 10.2. The van der Waals surface area contributed by atoms with Gasteiger partial charge in [-0.3, -0.25) is 4.79 Å². The van der Waals surface area contributed by atoms with Crippen LogP contribution in [0.5, 0.6) is 11.5 Å². The van der Waals surface area contributed by atoms with Crippen LogP contribution in [0.4, 0.5) is 8.78 Å². The van der Waals surface area contributed by atoms with Gasteiger partial charge in [0, 0.05) is 19.2 Å². The molecule has 2 aliphatic heterocycles. The zero-order chi connectivity index (χ0) is 14.9. The molecule has 1 saturated heterocycles. The SMILES string of the molecule is O=C(/C=C/c1ccc2c(c1)OC(F)(F)O2)N1CCOCC1. The molecule has 0 aromatic heterocycles. The van der Waals surface area contributed by atoms with E-state index in [0.717, 1.165) is 0 Å². The van der Waals surface area contributed by atoms with Crippen molar-refractivity contribution < 1.29 is 27.8 Å². The van der Waals surface area contributed by atoms with Gasteiger partial charge in [-0.25, -0.2) is 0 Å². The fraction of sp³-hybridized carbons (Fsp3) is 0.357. The molecule has 0 bridgehead atoms. The van der Waals surface area contributed by atoms with Crippen LogP contribution in [-0.4, -0.2) is 43.4 Å². The van der Waals surface area contributed by atoms with E-state index in [0.29, 0.717) is 31.9 Å². The van der Waals surface area contributed by atoms with Crippen LogP contribution >= 0.6 is 0 Å². The highest BCUT2D eigenvalue weighted by Crippen LogP contribution is 2.41. The Kier molecular flexibility index (Phi) is 3.50. The predicted molar refractivity (Wildman–Crippen MR) is 69.1 cm³/mol. The molecule has 0 radical (unpaired) electrons. The van der Waals surface area contributed by atoms with Crippen molar-refractivity contribution in [1.82, 2.24) is 4.90 Å². The number of alkyl halides is 2. The van der Waals surface area contributed by atoms with Crippen molar-refractivity contribution in [3.05, 3.63) is 29.8 Å². The monoisotopic (exact) mass is 297 g/mol. The standard InChI is InChI=1S/C14H13F2NO4/c15-14(16)20-11-3-1-10(9-12(11)21-14)2-4-13(18)17-5-7-19-8-6-17/h1-4,9H,5-8H2/b4-2+. The number of amides is 1. The van der Waals surface area contributed by atoms with E-state index in [2.05, 4.69) is 9.47 Å². The van der Waals surface area contributed by atoms with Crippen LogP contribution in [0, 0.1) is 0 Å². The summed E-state index contributed by atoms with van der Waals surface area (Å²) in [6.45, 7) is 2.16. The van der Waals surface area contributed by atoms with E-state index >= 15 is 0 Å². The molecule has 0 atom stereocenters. The van der Waals surface area contributed by atoms with Gasteiger partial charge in [0.15, 0.2) is 11.5 Å². The van der Waals surface area contributed by atoms with E-state index < -0.39 is 6.29 Å². The Labute approximate surface area is 119 Å². The highest BCUT2D eigenvalue weighted by molar-refractivity contribution is 5.91. The van der Waals surface area contributed by atoms with Crippen molar-refractivity contribution in [2.75, 3.05) is 26.3 Å². The summed E-state index contributed by atoms with van der Waals surface area (Å²) in [6, 6.07) is 4.36. The van der Waals surface area contributed by atoms with Crippen molar-refractivity contribution >= 4 is 12.0 Å². The second-order valence-electron chi connectivity index (χ2n) is 4.64. The first-order chi connectivity index (χ1) is 10.0. The van der Waals surface area contributed by atoms with Gasteiger partial charge in [0.05, 0.1) is 13.2 Å². The molecular formula is C14H13F2NO4. The third kappa shape index (κ3) is 3.13. The lowest BCUT2D eigenvalue weighted by Crippen LogP contribution is -2.39. The van der Waals surface area contributed by atoms with Crippen LogP contribution in [0.3, 0.4) is 0 Å². The first-order valence-corrected chi connectivity index (χ1v) is 6.48. The summed E-state index contributed by atoms with van der Waals surface area (Å²) >= 11 is 0. The number of halogens is 2. The van der Waals surface area contributed by atoms with E-state index in [1.807, 2.05) is 0 Å². The van der Waals surface area contributed by atoms with Crippen LogP contribution in [-0.2, 0) is 9.53 Å². The van der Waals surface area contributed by atoms with Crippen LogP contribution in [0.25, 0.3) is 6.08 Å². The molecule has 0 saturated carbocycles. The minimum atomic E-state index is -3.63. The van der Waals surface area contributed by atoms with Crippen molar-refractivity contribution in [3.63, 3.8) is 0 Å². The maximum absolute atomic E-state index is 12.9. The lowest BCUT2D eigenvalue weighted by molar-refractivity contribution is -0.286. The predicted octanol–water partition coefficient (Wildman–Crippen LogP) is 1.88. The average molecular weight is 297 g/mol. The van der Waals surface area contributed by atoms with Gasteiger partial charge in [0.25, 0.3) is 0 Å². The van der Waals surface area contributed by atoms with Gasteiger partial charge in [0.1, 0.15) is 0 Å². The Balaban J connectivity index is 1.68. The highest BCUT2D eigenvalue weighted by atomic mass is 19.3. The van der Waals surface area contributed by atoms with Crippen LogP contribution in [0.15, 0.2) is 24.3 Å². The minimum absolute atomic E-state index is 0.0170. The van der Waals surface area contributed by atoms with Crippen LogP contribution in [0.2, 0.25) is 0 Å². The van der Waals surface area contributed by atoms with Crippen LogP contribution in [0.1, 0.15) is 5.56 Å². The third-order valence-corrected chi connectivity index (χ3v) is 3.17. The largest absolute Gasteiger partial charge is 0.586 e. The molecule has 2 aliphatic rings. The fourth-order valence-corrected chi connectivity index (χ4v) is 2.13. The molecule has 1 amide bonds. The number of morpholine rings is 1. The summed E-state index contributed by atoms with van der Waals surface area (Å²) in [6.07, 6.45) is -0.673. The third-order valence-electron chi connectivity index (χ3n) is 3.17. The Hall–Kier alpha value is -2.15. The number of benzene rings is 1. The second kappa shape index (κ2) is 5.33. The molecule has 5 nitrogen and oxygen atoms in total. The number of carbonyl (C=O) groups is 1. The maximum Gasteiger partial charge on any atom is 0.586 e. The Morgan fingerprint density at radius 2 is 1.90 bits per heavy atom. The second-order valence-corrected chi connectivity index (χ2v) is 4.64. The number of hydrogen-bond acceptors (Lipinski definition) is 4. The molecule has 7 heteroatoms. The highest BCUT2D eigenvalue weighted by Gasteiger charge is 2.43. The number of rotatable bonds is 2. The summed E-state index contributed by atoms with van der Waals surface area (Å²) in [5.74, 6) is -0.195. The van der Waals surface area contributed by atoms with Gasteiger partial charge in [-0.15, -0.1) is 8.78 Å². The van der Waals surface area contributed by atoms with Gasteiger partial charge < -0.3 is 19.1 Å². The topological polar surface area (TPSA) is 48.0 Å². The average Bonchev–Trinajstić information content (AvgIpc) is 2.78. The molecule has 0 unspecified atom stereocenters. The van der Waals surface area contributed by atoms with E-state index in [1.54, 1.807) is 17.0 Å². The summed E-state index contributed by atoms with van der Waals surface area (Å²) < 4.78 is 39.6. The molecule has 1 aromatic rings. The van der Waals surface area contributed by atoms with Crippen molar-refractivity contribution in [2.24, 2.45) is 0 Å². The fourth-order valence-electron chi connectivity index (χ4n) is 2.13. The quantitative estimate of drug-likeness (QED) is 0.782. The van der Waals surface area contributed by atoms with E-state index in [-0.39, 0.29) is 17.4 Å². The molecule has 3 rings (SSSR count). The number of hydrogen-bond donors (Lipinski definition) is 0. The number of nitrogens with zero attached hydrogens (tertiary/aromatic N) is 1. The zero-order valence-electron chi connectivity index (χ0n) is 11.1. The van der Waals surface area contributed by atoms with Gasteiger partial charge in [-0.2, -0.15) is 0 Å². The maximum atomic E-state index is 12.9. The van der Waals surface area contributed by atoms with Crippen molar-refractivity contribution in [3.8, 4) is 11.5 Å². The molecule has 2 heterocycles. The normalized spacial score (nSPS) is 20.0. The summed E-state index contributed by atoms with van der Waals surface area (Å²) in [5, 5.41) is 0. The molecule has 1 fully saturated rings. The Morgan fingerprint density at radius 3 is 2.67 bits per heavy atom. The smallest absolute Gasteiger partial charge is 0.395 e. The Morgan fingerprint density at radius 1 is 1.19 bits per heavy atom. The van der Waals surface area contributed by atoms with Crippen molar-refractivity contribution in [2.45, 2.75) is 6.29 Å². The zero-order valence-corrected chi connectivity index (χ0v) is 11.1. The number of fused-ring (bicyclic) bond motifs is 1. The van der Waals surface area contributed by atoms with Gasteiger partial charge in [-0.1, -0.05) is 6.07 Å². The first kappa shape index (κ1) is 13.8. The molecule has 0 aliphatic carbocycles. The van der Waals surface area contributed by atoms with E-state index in [4.69, 9.17) is 4.74 Å². The van der Waals surface area contributed by atoms with Gasteiger partial charge >= 0.3 is 6.29 Å². The lowest BCUT2D eigenvalue weighted by Gasteiger charge is -2.25.